The highest BCUT2D eigenvalue weighted by atomic mass is 125. The highest BCUT2D eigenvalue weighted by Crippen LogP contribution is 2.32. The molecule has 0 aliphatic carbocycles. The molecular formula is C16H20IN3O2. The summed E-state index contributed by atoms with van der Waals surface area (Å²) in [6.07, 6.45) is -0.596. The van der Waals surface area contributed by atoms with Crippen molar-refractivity contribution in [2.75, 3.05) is 13.2 Å². The van der Waals surface area contributed by atoms with Crippen molar-refractivity contribution in [3.63, 3.8) is 0 Å². The fourth-order valence-corrected chi connectivity index (χ4v) is 2.85. The van der Waals surface area contributed by atoms with Crippen molar-refractivity contribution in [1.29, 1.82) is 5.26 Å². The molecule has 1 heterocycles. The fourth-order valence-electron chi connectivity index (χ4n) is 2.04. The van der Waals surface area contributed by atoms with Gasteiger partial charge in [0.1, 0.15) is 30.2 Å². The summed E-state index contributed by atoms with van der Waals surface area (Å²) in [5.41, 5.74) is 1.35. The maximum atomic E-state index is 10.0. The molecule has 3 N–H and O–H groups in total. The van der Waals surface area contributed by atoms with Crippen LogP contribution in [0.15, 0.2) is 18.2 Å². The van der Waals surface area contributed by atoms with Gasteiger partial charge in [0.25, 0.3) is 0 Å². The topological polar surface area (TPSA) is 81.1 Å². The lowest BCUT2D eigenvalue weighted by Gasteiger charge is -2.23. The number of hydrogen-bond donors (Lipinski definition) is 3. The minimum absolute atomic E-state index is 0.0429. The summed E-state index contributed by atoms with van der Waals surface area (Å²) in [5.74, 6) is 0.675. The van der Waals surface area contributed by atoms with Crippen LogP contribution in [0.5, 0.6) is 5.75 Å². The van der Waals surface area contributed by atoms with E-state index < -0.39 is 6.10 Å². The molecule has 118 valence electrons. The van der Waals surface area contributed by atoms with Crippen LogP contribution in [0.1, 0.15) is 26.5 Å². The lowest BCUT2D eigenvalue weighted by atomic mass is 10.1. The number of nitrogens with zero attached hydrogens (tertiary/aromatic N) is 1. The molecule has 22 heavy (non-hydrogen) atoms. The largest absolute Gasteiger partial charge is 0.490 e. The van der Waals surface area contributed by atoms with Gasteiger partial charge in [-0.15, -0.1) is 0 Å². The highest BCUT2D eigenvalue weighted by molar-refractivity contribution is 14.1. The Kier molecular flexibility index (Phi) is 5.32. The highest BCUT2D eigenvalue weighted by Gasteiger charge is 2.16. The predicted octanol–water partition coefficient (Wildman–Crippen LogP) is 2.77. The number of ether oxygens (including phenoxy) is 1. The van der Waals surface area contributed by atoms with Gasteiger partial charge in [0.2, 0.25) is 0 Å². The van der Waals surface area contributed by atoms with Gasteiger partial charge in [-0.3, -0.25) is 0 Å². The molecule has 0 amide bonds. The van der Waals surface area contributed by atoms with Crippen LogP contribution in [-0.4, -0.2) is 34.9 Å². The van der Waals surface area contributed by atoms with Gasteiger partial charge in [-0.2, -0.15) is 5.26 Å². The van der Waals surface area contributed by atoms with E-state index in [4.69, 9.17) is 10.00 Å². The maximum Gasteiger partial charge on any atom is 0.132 e. The maximum absolute atomic E-state index is 10.0. The lowest BCUT2D eigenvalue weighted by molar-refractivity contribution is 0.101. The van der Waals surface area contributed by atoms with E-state index in [2.05, 4.69) is 39.0 Å². The molecule has 0 saturated heterocycles. The quantitative estimate of drug-likeness (QED) is 0.661. The molecule has 0 bridgehead atoms. The van der Waals surface area contributed by atoms with Crippen LogP contribution in [0.4, 0.5) is 0 Å². The summed E-state index contributed by atoms with van der Waals surface area (Å²) in [4.78, 5) is 3.06. The number of benzene rings is 1. The molecule has 1 aromatic heterocycles. The van der Waals surface area contributed by atoms with Crippen LogP contribution in [0, 0.1) is 14.9 Å². The molecular weight excluding hydrogens is 391 g/mol. The van der Waals surface area contributed by atoms with E-state index in [1.54, 1.807) is 0 Å². The van der Waals surface area contributed by atoms with Crippen molar-refractivity contribution < 1.29 is 9.84 Å². The number of aliphatic hydroxyl groups is 1. The third-order valence-electron chi connectivity index (χ3n) is 3.14. The first-order chi connectivity index (χ1) is 10.3. The van der Waals surface area contributed by atoms with Crippen LogP contribution in [0.25, 0.3) is 10.9 Å². The molecule has 0 saturated carbocycles. The zero-order chi connectivity index (χ0) is 16.3. The third-order valence-corrected chi connectivity index (χ3v) is 4.21. The molecule has 0 spiro atoms. The second-order valence-corrected chi connectivity index (χ2v) is 7.28. The number of fused-ring (bicyclic) bond motifs is 1. The van der Waals surface area contributed by atoms with E-state index in [1.165, 1.54) is 0 Å². The van der Waals surface area contributed by atoms with E-state index in [0.29, 0.717) is 18.0 Å². The third kappa shape index (κ3) is 4.12. The number of aliphatic hydroxyl groups excluding tert-OH is 1. The monoisotopic (exact) mass is 411 g/mol. The Balaban J connectivity index is 2.09. The Morgan fingerprint density at radius 2 is 2.18 bits per heavy atom. The molecule has 1 atom stereocenters. The fraction of sp³-hybridized carbons (Fsp3) is 0.438. The van der Waals surface area contributed by atoms with Gasteiger partial charge in [-0.25, -0.2) is 0 Å². The lowest BCUT2D eigenvalue weighted by Crippen LogP contribution is -2.42. The number of aromatic nitrogens is 1. The molecule has 0 fully saturated rings. The minimum Gasteiger partial charge on any atom is -0.490 e. The van der Waals surface area contributed by atoms with Gasteiger partial charge in [0, 0.05) is 12.1 Å². The van der Waals surface area contributed by atoms with E-state index in [-0.39, 0.29) is 12.1 Å². The molecule has 0 radical (unpaired) electrons. The van der Waals surface area contributed by atoms with Gasteiger partial charge >= 0.3 is 0 Å². The second kappa shape index (κ2) is 6.86. The van der Waals surface area contributed by atoms with Gasteiger partial charge < -0.3 is 20.1 Å². The van der Waals surface area contributed by atoms with Gasteiger partial charge in [0.05, 0.1) is 14.5 Å². The van der Waals surface area contributed by atoms with Crippen LogP contribution in [0.2, 0.25) is 0 Å². The zero-order valence-electron chi connectivity index (χ0n) is 12.9. The zero-order valence-corrected chi connectivity index (χ0v) is 15.1. The average molecular weight is 411 g/mol. The SMILES string of the molecule is CC(C)(C)NCC(O)COc1cccc2[nH]c(C#N)c([125I])c12. The normalized spacial score (nSPS) is 13.1. The number of rotatable bonds is 5. The van der Waals surface area contributed by atoms with Crippen molar-refractivity contribution >= 4 is 33.5 Å². The van der Waals surface area contributed by atoms with Crippen LogP contribution in [0.3, 0.4) is 0 Å². The van der Waals surface area contributed by atoms with E-state index >= 15 is 0 Å². The minimum atomic E-state index is -0.596. The molecule has 0 aliphatic rings. The molecule has 2 aromatic rings. The number of halogens is 1. The first kappa shape index (κ1) is 17.1. The summed E-state index contributed by atoms with van der Waals surface area (Å²) in [6.45, 7) is 6.81. The number of aromatic amines is 1. The van der Waals surface area contributed by atoms with Crippen molar-refractivity contribution in [3.8, 4) is 11.8 Å². The predicted molar refractivity (Wildman–Crippen MR) is 95.0 cm³/mol. The van der Waals surface area contributed by atoms with Gasteiger partial charge in [-0.1, -0.05) is 6.07 Å². The smallest absolute Gasteiger partial charge is 0.132 e. The number of nitriles is 1. The molecule has 1 unspecified atom stereocenters. The molecule has 0 aliphatic heterocycles. The van der Waals surface area contributed by atoms with E-state index in [9.17, 15) is 5.11 Å². The first-order valence-corrected chi connectivity index (χ1v) is 8.16. The summed E-state index contributed by atoms with van der Waals surface area (Å²) >= 11 is 2.14. The molecule has 5 nitrogen and oxygen atoms in total. The molecule has 6 heteroatoms. The Morgan fingerprint density at radius 1 is 1.45 bits per heavy atom. The first-order valence-electron chi connectivity index (χ1n) is 7.08. The Hall–Kier alpha value is -1.30. The van der Waals surface area contributed by atoms with E-state index in [1.807, 2.05) is 39.0 Å². The van der Waals surface area contributed by atoms with Crippen LogP contribution >= 0.6 is 22.6 Å². The van der Waals surface area contributed by atoms with Crippen LogP contribution < -0.4 is 10.1 Å². The molecule has 1 aromatic carbocycles. The van der Waals surface area contributed by atoms with E-state index in [0.717, 1.165) is 14.5 Å². The number of H-pyrrole nitrogens is 1. The van der Waals surface area contributed by atoms with Crippen LogP contribution in [-0.2, 0) is 0 Å². The number of β-amino-alcohol motifs (C(OH)–C–C–N with tert-alkyl or cyclic N) is 1. The van der Waals surface area contributed by atoms with Gasteiger partial charge in [0.15, 0.2) is 0 Å². The second-order valence-electron chi connectivity index (χ2n) is 6.20. The Labute approximate surface area is 143 Å². The number of nitrogens with one attached hydrogen (secondary N) is 2. The summed E-state index contributed by atoms with van der Waals surface area (Å²) < 4.78 is 6.60. The summed E-state index contributed by atoms with van der Waals surface area (Å²) in [6, 6.07) is 7.76. The van der Waals surface area contributed by atoms with Crippen molar-refractivity contribution in [2.45, 2.75) is 32.4 Å². The standard InChI is InChI=1S/C16H20IN3O2/c1-16(2,3)19-8-10(21)9-22-13-6-4-5-11-14(13)15(17)12(7-18)20-11/h4-6,10,19-21H,8-9H2,1-3H3/i17-2. The summed E-state index contributed by atoms with van der Waals surface area (Å²) in [5, 5.41) is 23.2. The van der Waals surface area contributed by atoms with Crippen molar-refractivity contribution in [3.05, 3.63) is 27.5 Å². The van der Waals surface area contributed by atoms with Crippen molar-refractivity contribution in [1.82, 2.24) is 10.3 Å². The Bertz CT molecular complexity index is 698. The Morgan fingerprint density at radius 3 is 2.82 bits per heavy atom. The van der Waals surface area contributed by atoms with Crippen molar-refractivity contribution in [2.24, 2.45) is 0 Å². The average Bonchev–Trinajstić information content (AvgIpc) is 2.79. The number of hydrogen-bond acceptors (Lipinski definition) is 4. The summed E-state index contributed by atoms with van der Waals surface area (Å²) in [7, 11) is 0. The van der Waals surface area contributed by atoms with Gasteiger partial charge in [-0.05, 0) is 55.5 Å². The molecule has 2 rings (SSSR count).